The summed E-state index contributed by atoms with van der Waals surface area (Å²) in [6, 6.07) is -0.327. The first-order valence-electron chi connectivity index (χ1n) is 7.07. The summed E-state index contributed by atoms with van der Waals surface area (Å²) in [4.78, 5) is 4.14. The molecule has 0 saturated heterocycles. The molecule has 0 unspecified atom stereocenters. The molecule has 0 saturated carbocycles. The first-order valence-corrected chi connectivity index (χ1v) is 8.55. The smallest absolute Gasteiger partial charge is 0.257 e. The zero-order chi connectivity index (χ0) is 16.6. The van der Waals surface area contributed by atoms with Crippen LogP contribution in [0.4, 0.5) is 8.78 Å². The standard InChI is InChI=1S/C12H16F2N6O2S/c1-8-16-12-3-2-9(5-20(12)17-8)18-23(21,22)10-4-15-19(6-10)7-11(13)14/h4,6,9,11,18H,2-3,5,7H2,1H3/t9-/m1/s1. The van der Waals surface area contributed by atoms with Crippen molar-refractivity contribution >= 4 is 10.0 Å². The summed E-state index contributed by atoms with van der Waals surface area (Å²) >= 11 is 0. The molecule has 0 bridgehead atoms. The number of hydrogen-bond donors (Lipinski definition) is 1. The Hall–Kier alpha value is -1.88. The van der Waals surface area contributed by atoms with Crippen molar-refractivity contribution in [2.45, 2.75) is 50.2 Å². The van der Waals surface area contributed by atoms with Gasteiger partial charge < -0.3 is 0 Å². The number of halogens is 2. The van der Waals surface area contributed by atoms with Crippen LogP contribution in [0, 0.1) is 6.92 Å². The average molecular weight is 346 g/mol. The van der Waals surface area contributed by atoms with E-state index in [1.54, 1.807) is 11.6 Å². The van der Waals surface area contributed by atoms with E-state index in [1.807, 2.05) is 0 Å². The van der Waals surface area contributed by atoms with Gasteiger partial charge in [-0.2, -0.15) is 10.2 Å². The van der Waals surface area contributed by atoms with Crippen molar-refractivity contribution in [3.05, 3.63) is 24.0 Å². The summed E-state index contributed by atoms with van der Waals surface area (Å²) in [7, 11) is -3.81. The Labute approximate surface area is 131 Å². The summed E-state index contributed by atoms with van der Waals surface area (Å²) in [5.74, 6) is 1.49. The summed E-state index contributed by atoms with van der Waals surface area (Å²) in [6.07, 6.45) is 0.799. The Morgan fingerprint density at radius 2 is 2.26 bits per heavy atom. The topological polar surface area (TPSA) is 94.7 Å². The molecule has 3 rings (SSSR count). The van der Waals surface area contributed by atoms with Crippen LogP contribution in [0.3, 0.4) is 0 Å². The van der Waals surface area contributed by atoms with Gasteiger partial charge >= 0.3 is 0 Å². The highest BCUT2D eigenvalue weighted by Crippen LogP contribution is 2.16. The van der Waals surface area contributed by atoms with Crippen molar-refractivity contribution in [1.82, 2.24) is 29.3 Å². The van der Waals surface area contributed by atoms with Gasteiger partial charge in [0.25, 0.3) is 6.43 Å². The molecule has 3 heterocycles. The van der Waals surface area contributed by atoms with E-state index in [4.69, 9.17) is 0 Å². The summed E-state index contributed by atoms with van der Waals surface area (Å²) in [5.41, 5.74) is 0. The first-order chi connectivity index (χ1) is 10.8. The number of sulfonamides is 1. The molecule has 0 aliphatic carbocycles. The third kappa shape index (κ3) is 3.55. The number of alkyl halides is 2. The Morgan fingerprint density at radius 1 is 1.48 bits per heavy atom. The maximum atomic E-state index is 12.3. The molecule has 0 fully saturated rings. The molecule has 2 aromatic rings. The quantitative estimate of drug-likeness (QED) is 0.842. The fourth-order valence-electron chi connectivity index (χ4n) is 2.54. The van der Waals surface area contributed by atoms with Gasteiger partial charge in [-0.15, -0.1) is 0 Å². The van der Waals surface area contributed by atoms with E-state index in [1.165, 1.54) is 0 Å². The van der Waals surface area contributed by atoms with Crippen LogP contribution in [-0.2, 0) is 29.5 Å². The van der Waals surface area contributed by atoms with Gasteiger partial charge in [-0.25, -0.2) is 31.6 Å². The molecule has 8 nitrogen and oxygen atoms in total. The molecule has 23 heavy (non-hydrogen) atoms. The zero-order valence-corrected chi connectivity index (χ0v) is 13.2. The van der Waals surface area contributed by atoms with Crippen LogP contribution in [0.15, 0.2) is 17.3 Å². The minimum absolute atomic E-state index is 0.126. The van der Waals surface area contributed by atoms with Gasteiger partial charge in [0.2, 0.25) is 10.0 Å². The van der Waals surface area contributed by atoms with Crippen LogP contribution in [0.5, 0.6) is 0 Å². The molecule has 1 aliphatic heterocycles. The Morgan fingerprint density at radius 3 is 3.00 bits per heavy atom. The van der Waals surface area contributed by atoms with E-state index in [0.717, 1.165) is 22.9 Å². The van der Waals surface area contributed by atoms with E-state index in [2.05, 4.69) is 19.9 Å². The molecule has 0 radical (unpaired) electrons. The van der Waals surface area contributed by atoms with E-state index in [-0.39, 0.29) is 10.9 Å². The second-order valence-corrected chi connectivity index (χ2v) is 7.12. The molecular formula is C12H16F2N6O2S. The molecule has 0 aromatic carbocycles. The van der Waals surface area contributed by atoms with Gasteiger partial charge in [0.1, 0.15) is 23.1 Å². The largest absolute Gasteiger partial charge is 0.266 e. The second kappa shape index (κ2) is 5.96. The maximum absolute atomic E-state index is 12.3. The third-order valence-electron chi connectivity index (χ3n) is 3.53. The predicted octanol–water partition coefficient (Wildman–Crippen LogP) is 0.341. The van der Waals surface area contributed by atoms with Crippen molar-refractivity contribution < 1.29 is 17.2 Å². The van der Waals surface area contributed by atoms with E-state index in [9.17, 15) is 17.2 Å². The molecule has 1 atom stereocenters. The number of aromatic nitrogens is 5. The van der Waals surface area contributed by atoms with Crippen LogP contribution < -0.4 is 4.72 Å². The van der Waals surface area contributed by atoms with Crippen molar-refractivity contribution in [3.8, 4) is 0 Å². The molecule has 11 heteroatoms. The Bertz CT molecular complexity index is 800. The molecule has 2 aromatic heterocycles. The number of nitrogens with one attached hydrogen (secondary N) is 1. The fraction of sp³-hybridized carbons (Fsp3) is 0.583. The lowest BCUT2D eigenvalue weighted by Crippen LogP contribution is -2.41. The fourth-order valence-corrected chi connectivity index (χ4v) is 3.76. The van der Waals surface area contributed by atoms with Crippen molar-refractivity contribution in [2.24, 2.45) is 0 Å². The second-order valence-electron chi connectivity index (χ2n) is 5.40. The number of aryl methyl sites for hydroxylation is 2. The van der Waals surface area contributed by atoms with Crippen LogP contribution in [0.2, 0.25) is 0 Å². The van der Waals surface area contributed by atoms with E-state index >= 15 is 0 Å². The molecule has 1 N–H and O–H groups in total. The highest BCUT2D eigenvalue weighted by molar-refractivity contribution is 7.89. The summed E-state index contributed by atoms with van der Waals surface area (Å²) < 4.78 is 54.4. The van der Waals surface area contributed by atoms with Crippen molar-refractivity contribution in [3.63, 3.8) is 0 Å². The highest BCUT2D eigenvalue weighted by Gasteiger charge is 2.26. The minimum Gasteiger partial charge on any atom is -0.266 e. The third-order valence-corrected chi connectivity index (χ3v) is 5.01. The lowest BCUT2D eigenvalue weighted by Gasteiger charge is -2.23. The number of fused-ring (bicyclic) bond motifs is 1. The van der Waals surface area contributed by atoms with Crippen LogP contribution in [-0.4, -0.2) is 45.4 Å². The zero-order valence-electron chi connectivity index (χ0n) is 12.4. The van der Waals surface area contributed by atoms with Crippen LogP contribution >= 0.6 is 0 Å². The predicted molar refractivity (Wildman–Crippen MR) is 75.4 cm³/mol. The number of hydrogen-bond acceptors (Lipinski definition) is 5. The van der Waals surface area contributed by atoms with Crippen LogP contribution in [0.25, 0.3) is 0 Å². The van der Waals surface area contributed by atoms with Gasteiger partial charge in [-0.3, -0.25) is 4.68 Å². The van der Waals surface area contributed by atoms with E-state index in [0.29, 0.717) is 25.2 Å². The average Bonchev–Trinajstić information content (AvgIpc) is 3.03. The molecule has 1 aliphatic rings. The first kappa shape index (κ1) is 16.0. The Balaban J connectivity index is 1.70. The number of rotatable bonds is 5. The van der Waals surface area contributed by atoms with Crippen molar-refractivity contribution in [2.75, 3.05) is 0 Å². The minimum atomic E-state index is -3.81. The summed E-state index contributed by atoms with van der Waals surface area (Å²) in [5, 5.41) is 7.86. The summed E-state index contributed by atoms with van der Waals surface area (Å²) in [6.45, 7) is 1.53. The lowest BCUT2D eigenvalue weighted by atomic mass is 10.1. The van der Waals surface area contributed by atoms with Gasteiger partial charge in [0, 0.05) is 18.7 Å². The van der Waals surface area contributed by atoms with Gasteiger partial charge in [0.05, 0.1) is 12.7 Å². The molecule has 126 valence electrons. The lowest BCUT2D eigenvalue weighted by molar-refractivity contribution is 0.121. The molecule has 0 spiro atoms. The van der Waals surface area contributed by atoms with Gasteiger partial charge in [0.15, 0.2) is 0 Å². The normalized spacial score (nSPS) is 18.3. The molecule has 0 amide bonds. The van der Waals surface area contributed by atoms with Gasteiger partial charge in [-0.1, -0.05) is 0 Å². The molecular weight excluding hydrogens is 330 g/mol. The van der Waals surface area contributed by atoms with Crippen LogP contribution in [0.1, 0.15) is 18.1 Å². The highest BCUT2D eigenvalue weighted by atomic mass is 32.2. The number of nitrogens with zero attached hydrogens (tertiary/aromatic N) is 5. The van der Waals surface area contributed by atoms with Crippen molar-refractivity contribution in [1.29, 1.82) is 0 Å². The van der Waals surface area contributed by atoms with E-state index < -0.39 is 23.0 Å². The monoisotopic (exact) mass is 346 g/mol. The Kier molecular flexibility index (Phi) is 4.15. The SMILES string of the molecule is Cc1nc2n(n1)C[C@H](NS(=O)(=O)c1cnn(CC(F)F)c1)CC2. The maximum Gasteiger partial charge on any atom is 0.257 e. The van der Waals surface area contributed by atoms with Gasteiger partial charge in [-0.05, 0) is 13.3 Å².